The molecule has 0 aliphatic carbocycles. The van der Waals surface area contributed by atoms with Crippen molar-refractivity contribution in [2.24, 2.45) is 0 Å². The molecule has 0 bridgehead atoms. The molecular formula is C24H26F2N2O10. The Morgan fingerprint density at radius 3 is 1.34 bits per heavy atom. The number of carboxylic acids is 4. The lowest BCUT2D eigenvalue weighted by molar-refractivity contribution is -0.140. The number of carboxylic acid groups (broad SMARTS) is 4. The number of halogens is 2. The fraction of sp³-hybridized carbons (Fsp3) is 0.333. The summed E-state index contributed by atoms with van der Waals surface area (Å²) in [6.45, 7) is 0.435. The molecule has 2 rings (SSSR count). The van der Waals surface area contributed by atoms with Crippen LogP contribution in [0.3, 0.4) is 0 Å². The van der Waals surface area contributed by atoms with E-state index in [4.69, 9.17) is 9.47 Å². The number of benzene rings is 2. The van der Waals surface area contributed by atoms with Crippen LogP contribution in [0.5, 0.6) is 11.5 Å². The Hall–Kier alpha value is -4.62. The topological polar surface area (TPSA) is 174 Å². The predicted molar refractivity (Wildman–Crippen MR) is 128 cm³/mol. The van der Waals surface area contributed by atoms with Crippen molar-refractivity contribution in [3.05, 3.63) is 48.0 Å². The van der Waals surface area contributed by atoms with Crippen LogP contribution in [0.15, 0.2) is 36.4 Å². The van der Waals surface area contributed by atoms with Crippen LogP contribution in [0, 0.1) is 11.6 Å². The van der Waals surface area contributed by atoms with Gasteiger partial charge >= 0.3 is 23.9 Å². The molecule has 0 saturated carbocycles. The predicted octanol–water partition coefficient (Wildman–Crippen LogP) is 2.15. The highest BCUT2D eigenvalue weighted by Crippen LogP contribution is 2.32. The lowest BCUT2D eigenvalue weighted by Gasteiger charge is -2.29. The summed E-state index contributed by atoms with van der Waals surface area (Å²) in [5, 5.41) is 37.1. The molecule has 0 spiro atoms. The lowest BCUT2D eigenvalue weighted by atomic mass is 10.2. The molecule has 12 nitrogen and oxygen atoms in total. The van der Waals surface area contributed by atoms with E-state index in [1.165, 1.54) is 26.0 Å². The molecular weight excluding hydrogens is 514 g/mol. The van der Waals surface area contributed by atoms with Gasteiger partial charge in [0, 0.05) is 12.1 Å². The monoisotopic (exact) mass is 540 g/mol. The largest absolute Gasteiger partial charge is 0.488 e. The van der Waals surface area contributed by atoms with Crippen LogP contribution < -0.4 is 19.3 Å². The van der Waals surface area contributed by atoms with E-state index in [0.29, 0.717) is 0 Å². The van der Waals surface area contributed by atoms with Gasteiger partial charge in [0.05, 0.1) is 11.4 Å². The third-order valence-corrected chi connectivity index (χ3v) is 5.32. The number of anilines is 2. The van der Waals surface area contributed by atoms with Gasteiger partial charge in [-0.2, -0.15) is 0 Å². The number of rotatable bonds is 15. The molecule has 0 fully saturated rings. The Kier molecular flexibility index (Phi) is 10.2. The third-order valence-electron chi connectivity index (χ3n) is 5.32. The summed E-state index contributed by atoms with van der Waals surface area (Å²) in [6.07, 6.45) is 0. The smallest absolute Gasteiger partial charge is 0.326 e. The SMILES string of the molecule is CC(C(=O)O)N(CC(=O)O)c1cc(F)ccc1OCCOc1ccc(F)cc1N(CC(=O)O)C(C)C(=O)O. The molecule has 14 heteroatoms. The molecule has 2 unspecified atom stereocenters. The maximum Gasteiger partial charge on any atom is 0.326 e. The fourth-order valence-electron chi connectivity index (χ4n) is 3.40. The zero-order valence-corrected chi connectivity index (χ0v) is 20.3. The summed E-state index contributed by atoms with van der Waals surface area (Å²) in [6, 6.07) is 3.58. The molecule has 0 aromatic heterocycles. The van der Waals surface area contributed by atoms with Gasteiger partial charge in [-0.3, -0.25) is 9.59 Å². The summed E-state index contributed by atoms with van der Waals surface area (Å²) < 4.78 is 39.1. The minimum Gasteiger partial charge on any atom is -0.488 e. The molecule has 4 N–H and O–H groups in total. The van der Waals surface area contributed by atoms with Crippen molar-refractivity contribution >= 4 is 35.3 Å². The van der Waals surface area contributed by atoms with Crippen LogP contribution in [0.4, 0.5) is 20.2 Å². The Bertz CT molecular complexity index is 1100. The standard InChI is InChI=1S/C24H26F2N2O10/c1-13(23(33)34)27(11-21(29)30)17-9-15(25)3-5-19(17)37-7-8-38-20-6-4-16(26)10-18(20)28(12-22(31)32)14(2)24(35)36/h3-6,9-10,13-14H,7-8,11-12H2,1-2H3,(H,29,30)(H,31,32)(H,33,34)(H,35,36). The molecule has 2 aromatic rings. The maximum atomic E-state index is 14.0. The van der Waals surface area contributed by atoms with Crippen molar-refractivity contribution < 1.29 is 57.9 Å². The lowest BCUT2D eigenvalue weighted by Crippen LogP contribution is -2.42. The van der Waals surface area contributed by atoms with Gasteiger partial charge in [-0.05, 0) is 38.1 Å². The number of ether oxygens (including phenoxy) is 2. The zero-order valence-electron chi connectivity index (χ0n) is 20.3. The molecule has 2 atom stereocenters. The van der Waals surface area contributed by atoms with Gasteiger partial charge in [0.2, 0.25) is 0 Å². The summed E-state index contributed by atoms with van der Waals surface area (Å²) in [7, 11) is 0. The molecule has 0 saturated heterocycles. The van der Waals surface area contributed by atoms with E-state index in [-0.39, 0.29) is 36.1 Å². The second-order valence-electron chi connectivity index (χ2n) is 7.99. The van der Waals surface area contributed by atoms with Gasteiger partial charge in [-0.25, -0.2) is 18.4 Å². The van der Waals surface area contributed by atoms with Crippen LogP contribution in [0.25, 0.3) is 0 Å². The van der Waals surface area contributed by atoms with E-state index in [1.807, 2.05) is 0 Å². The second kappa shape index (κ2) is 13.1. The minimum absolute atomic E-state index is 0.0457. The van der Waals surface area contributed by atoms with Crippen LogP contribution >= 0.6 is 0 Å². The maximum absolute atomic E-state index is 14.0. The van der Waals surface area contributed by atoms with Gasteiger partial charge in [0.25, 0.3) is 0 Å². The molecule has 206 valence electrons. The first-order chi connectivity index (χ1) is 17.8. The van der Waals surface area contributed by atoms with Gasteiger partial charge in [0.1, 0.15) is 61.5 Å². The number of carbonyl (C=O) groups is 4. The highest BCUT2D eigenvalue weighted by molar-refractivity contribution is 5.84. The normalized spacial score (nSPS) is 12.2. The first kappa shape index (κ1) is 29.6. The van der Waals surface area contributed by atoms with Crippen molar-refractivity contribution in [2.75, 3.05) is 36.1 Å². The van der Waals surface area contributed by atoms with E-state index in [0.717, 1.165) is 34.1 Å². The van der Waals surface area contributed by atoms with Crippen molar-refractivity contribution in [3.8, 4) is 11.5 Å². The summed E-state index contributed by atoms with van der Waals surface area (Å²) in [4.78, 5) is 47.4. The quantitative estimate of drug-likeness (QED) is 0.243. The van der Waals surface area contributed by atoms with Crippen molar-refractivity contribution in [3.63, 3.8) is 0 Å². The first-order valence-corrected chi connectivity index (χ1v) is 11.1. The van der Waals surface area contributed by atoms with Crippen LogP contribution in [-0.4, -0.2) is 82.7 Å². The number of nitrogens with zero attached hydrogens (tertiary/aromatic N) is 2. The van der Waals surface area contributed by atoms with Gasteiger partial charge in [-0.1, -0.05) is 0 Å². The third kappa shape index (κ3) is 7.94. The van der Waals surface area contributed by atoms with E-state index in [1.54, 1.807) is 0 Å². The highest BCUT2D eigenvalue weighted by Gasteiger charge is 2.28. The Morgan fingerprint density at radius 1 is 0.711 bits per heavy atom. The first-order valence-electron chi connectivity index (χ1n) is 11.1. The van der Waals surface area contributed by atoms with Gasteiger partial charge in [0.15, 0.2) is 0 Å². The number of hydrogen-bond donors (Lipinski definition) is 4. The summed E-state index contributed by atoms with van der Waals surface area (Å²) in [5.41, 5.74) is -0.264. The van der Waals surface area contributed by atoms with Crippen LogP contribution in [0.2, 0.25) is 0 Å². The molecule has 0 heterocycles. The zero-order chi connectivity index (χ0) is 28.6. The molecule has 2 aromatic carbocycles. The van der Waals surface area contributed by atoms with E-state index < -0.39 is 60.7 Å². The Morgan fingerprint density at radius 2 is 1.05 bits per heavy atom. The van der Waals surface area contributed by atoms with Crippen molar-refractivity contribution in [1.82, 2.24) is 0 Å². The van der Waals surface area contributed by atoms with E-state index >= 15 is 0 Å². The van der Waals surface area contributed by atoms with Crippen molar-refractivity contribution in [2.45, 2.75) is 25.9 Å². The summed E-state index contributed by atoms with van der Waals surface area (Å²) in [5.74, 6) is -7.04. The van der Waals surface area contributed by atoms with E-state index in [2.05, 4.69) is 0 Å². The van der Waals surface area contributed by atoms with Gasteiger partial charge in [-0.15, -0.1) is 0 Å². The molecule has 0 aliphatic heterocycles. The molecule has 0 aliphatic rings. The summed E-state index contributed by atoms with van der Waals surface area (Å²) >= 11 is 0. The van der Waals surface area contributed by atoms with Crippen LogP contribution in [0.1, 0.15) is 13.8 Å². The van der Waals surface area contributed by atoms with Crippen molar-refractivity contribution in [1.29, 1.82) is 0 Å². The average Bonchev–Trinajstić information content (AvgIpc) is 2.83. The second-order valence-corrected chi connectivity index (χ2v) is 7.99. The van der Waals surface area contributed by atoms with Crippen LogP contribution in [-0.2, 0) is 19.2 Å². The average molecular weight is 540 g/mol. The Balaban J connectivity index is 2.26. The number of aliphatic carboxylic acids is 4. The Labute approximate surface area is 215 Å². The molecule has 0 amide bonds. The fourth-order valence-corrected chi connectivity index (χ4v) is 3.40. The minimum atomic E-state index is -1.36. The van der Waals surface area contributed by atoms with E-state index in [9.17, 15) is 48.4 Å². The molecule has 38 heavy (non-hydrogen) atoms. The molecule has 0 radical (unpaired) electrons. The highest BCUT2D eigenvalue weighted by atomic mass is 19.1. The number of hydrogen-bond acceptors (Lipinski definition) is 8. The van der Waals surface area contributed by atoms with Gasteiger partial charge < -0.3 is 39.7 Å².